The van der Waals surface area contributed by atoms with Crippen LogP contribution in [0, 0.1) is 12.7 Å². The van der Waals surface area contributed by atoms with Gasteiger partial charge in [-0.15, -0.1) is 0 Å². The topological polar surface area (TPSA) is 86.8 Å². The number of hydrogen-bond donors (Lipinski definition) is 1. The molecular formula is C23H30FN3O4S. The van der Waals surface area contributed by atoms with Crippen LogP contribution in [0.25, 0.3) is 0 Å². The van der Waals surface area contributed by atoms with Crippen molar-refractivity contribution in [3.8, 4) is 0 Å². The summed E-state index contributed by atoms with van der Waals surface area (Å²) in [4.78, 5) is 27.3. The number of amides is 2. The van der Waals surface area contributed by atoms with E-state index in [0.717, 1.165) is 27.8 Å². The zero-order valence-corrected chi connectivity index (χ0v) is 19.8. The van der Waals surface area contributed by atoms with Crippen LogP contribution in [0.15, 0.2) is 48.5 Å². The van der Waals surface area contributed by atoms with Crippen molar-refractivity contribution < 1.29 is 22.4 Å². The summed E-state index contributed by atoms with van der Waals surface area (Å²) in [5.74, 6) is -1.55. The third kappa shape index (κ3) is 7.05. The molecule has 0 saturated carbocycles. The summed E-state index contributed by atoms with van der Waals surface area (Å²) in [6, 6.07) is 11.5. The molecule has 2 rings (SSSR count). The normalized spacial score (nSPS) is 12.3. The Morgan fingerprint density at radius 1 is 1.06 bits per heavy atom. The van der Waals surface area contributed by atoms with Gasteiger partial charge in [0.1, 0.15) is 18.4 Å². The molecule has 1 atom stereocenters. The maximum Gasteiger partial charge on any atom is 0.244 e. The Balaban J connectivity index is 2.38. The number of aryl methyl sites for hydroxylation is 1. The van der Waals surface area contributed by atoms with E-state index in [1.54, 1.807) is 6.92 Å². The molecule has 2 aromatic carbocycles. The fraction of sp³-hybridized carbons (Fsp3) is 0.391. The Morgan fingerprint density at radius 2 is 1.69 bits per heavy atom. The maximum absolute atomic E-state index is 13.7. The summed E-state index contributed by atoms with van der Waals surface area (Å²) < 4.78 is 39.4. The molecule has 0 saturated heterocycles. The highest BCUT2D eigenvalue weighted by Gasteiger charge is 2.30. The zero-order valence-electron chi connectivity index (χ0n) is 19.0. The third-order valence-electron chi connectivity index (χ3n) is 4.85. The third-order valence-corrected chi connectivity index (χ3v) is 5.99. The molecule has 0 aliphatic heterocycles. The monoisotopic (exact) mass is 463 g/mol. The first-order valence-electron chi connectivity index (χ1n) is 10.3. The number of hydrogen-bond acceptors (Lipinski definition) is 4. The van der Waals surface area contributed by atoms with E-state index < -0.39 is 34.3 Å². The molecule has 0 bridgehead atoms. The second kappa shape index (κ2) is 10.6. The molecule has 0 spiro atoms. The fourth-order valence-corrected chi connectivity index (χ4v) is 3.96. The molecule has 0 fully saturated rings. The van der Waals surface area contributed by atoms with E-state index in [2.05, 4.69) is 5.32 Å². The van der Waals surface area contributed by atoms with Crippen molar-refractivity contribution in [3.63, 3.8) is 0 Å². The molecule has 0 aliphatic carbocycles. The second-order valence-electron chi connectivity index (χ2n) is 8.10. The molecule has 32 heavy (non-hydrogen) atoms. The lowest BCUT2D eigenvalue weighted by Gasteiger charge is -2.32. The molecular weight excluding hydrogens is 433 g/mol. The lowest BCUT2D eigenvalue weighted by atomic mass is 10.1. The summed E-state index contributed by atoms with van der Waals surface area (Å²) in [5.41, 5.74) is 1.88. The van der Waals surface area contributed by atoms with E-state index in [1.807, 2.05) is 45.0 Å². The first-order valence-corrected chi connectivity index (χ1v) is 12.1. The Labute approximate surface area is 189 Å². The number of rotatable bonds is 9. The summed E-state index contributed by atoms with van der Waals surface area (Å²) in [5, 5.41) is 2.78. The van der Waals surface area contributed by atoms with E-state index in [0.29, 0.717) is 0 Å². The predicted molar refractivity (Wildman–Crippen MR) is 123 cm³/mol. The van der Waals surface area contributed by atoms with E-state index in [4.69, 9.17) is 0 Å². The molecule has 2 amide bonds. The molecule has 0 heterocycles. The van der Waals surface area contributed by atoms with Gasteiger partial charge in [0, 0.05) is 12.6 Å². The predicted octanol–water partition coefficient (Wildman–Crippen LogP) is 2.84. The van der Waals surface area contributed by atoms with Crippen LogP contribution >= 0.6 is 0 Å². The van der Waals surface area contributed by atoms with Crippen LogP contribution in [0.3, 0.4) is 0 Å². The second-order valence-corrected chi connectivity index (χ2v) is 10.0. The van der Waals surface area contributed by atoms with Gasteiger partial charge in [0.25, 0.3) is 0 Å². The summed E-state index contributed by atoms with van der Waals surface area (Å²) in [6.45, 7) is 6.71. The van der Waals surface area contributed by atoms with Crippen molar-refractivity contribution in [2.75, 3.05) is 17.1 Å². The quantitative estimate of drug-likeness (QED) is 0.620. The van der Waals surface area contributed by atoms with E-state index in [-0.39, 0.29) is 24.2 Å². The number of carbonyl (C=O) groups excluding carboxylic acids is 2. The number of halogens is 1. The van der Waals surface area contributed by atoms with Gasteiger partial charge in [-0.3, -0.25) is 13.9 Å². The van der Waals surface area contributed by atoms with Gasteiger partial charge < -0.3 is 10.2 Å². The smallest absolute Gasteiger partial charge is 0.244 e. The average molecular weight is 464 g/mol. The highest BCUT2D eigenvalue weighted by Crippen LogP contribution is 2.20. The minimum atomic E-state index is -3.89. The van der Waals surface area contributed by atoms with Gasteiger partial charge in [0.2, 0.25) is 21.8 Å². The maximum atomic E-state index is 13.7. The number of sulfonamides is 1. The molecule has 0 aromatic heterocycles. The number of anilines is 1. The van der Waals surface area contributed by atoms with E-state index in [1.165, 1.54) is 23.1 Å². The lowest BCUT2D eigenvalue weighted by Crippen LogP contribution is -2.52. The Morgan fingerprint density at radius 3 is 2.22 bits per heavy atom. The summed E-state index contributed by atoms with van der Waals surface area (Å²) in [6.07, 6.45) is 0.949. The Hall–Kier alpha value is -2.94. The molecule has 9 heteroatoms. The van der Waals surface area contributed by atoms with Crippen molar-refractivity contribution in [2.45, 2.75) is 46.3 Å². The highest BCUT2D eigenvalue weighted by atomic mass is 32.2. The van der Waals surface area contributed by atoms with Gasteiger partial charge in [0.05, 0.1) is 11.9 Å². The van der Waals surface area contributed by atoms with Crippen molar-refractivity contribution in [2.24, 2.45) is 0 Å². The van der Waals surface area contributed by atoms with Crippen molar-refractivity contribution in [1.29, 1.82) is 0 Å². The standard InChI is InChI=1S/C23H30FN3O4S/c1-16(2)25-23(29)18(4)26(14-19-11-9-17(3)10-12-19)22(28)15-27(32(5,30)31)21-8-6-7-20(24)13-21/h6-13,16,18H,14-15H2,1-5H3,(H,25,29)/t18-/m0/s1. The number of nitrogens with one attached hydrogen (secondary N) is 1. The first-order chi connectivity index (χ1) is 14.9. The van der Waals surface area contributed by atoms with Crippen molar-refractivity contribution >= 4 is 27.5 Å². The van der Waals surface area contributed by atoms with Crippen LogP contribution < -0.4 is 9.62 Å². The highest BCUT2D eigenvalue weighted by molar-refractivity contribution is 7.92. The van der Waals surface area contributed by atoms with Gasteiger partial charge in [-0.1, -0.05) is 35.9 Å². The molecule has 0 aliphatic rings. The lowest BCUT2D eigenvalue weighted by molar-refractivity contribution is -0.139. The molecule has 7 nitrogen and oxygen atoms in total. The molecule has 1 N–H and O–H groups in total. The Bertz CT molecular complexity index is 1060. The Kier molecular flexibility index (Phi) is 8.38. The van der Waals surface area contributed by atoms with Crippen LogP contribution in [0.4, 0.5) is 10.1 Å². The van der Waals surface area contributed by atoms with Crippen molar-refractivity contribution in [1.82, 2.24) is 10.2 Å². The largest absolute Gasteiger partial charge is 0.352 e. The first kappa shape index (κ1) is 25.3. The van der Waals surface area contributed by atoms with Gasteiger partial charge >= 0.3 is 0 Å². The molecule has 0 radical (unpaired) electrons. The zero-order chi connectivity index (χ0) is 24.1. The average Bonchev–Trinajstić information content (AvgIpc) is 2.69. The van der Waals surface area contributed by atoms with Crippen molar-refractivity contribution in [3.05, 3.63) is 65.5 Å². The van der Waals surface area contributed by atoms with Crippen LogP contribution in [0.5, 0.6) is 0 Å². The molecule has 2 aromatic rings. The fourth-order valence-electron chi connectivity index (χ4n) is 3.12. The number of nitrogens with zero attached hydrogens (tertiary/aromatic N) is 2. The van der Waals surface area contributed by atoms with E-state index >= 15 is 0 Å². The van der Waals surface area contributed by atoms with Crippen LogP contribution in [-0.2, 0) is 26.2 Å². The van der Waals surface area contributed by atoms with Gasteiger partial charge in [-0.05, 0) is 51.5 Å². The van der Waals surface area contributed by atoms with Crippen LogP contribution in [0.1, 0.15) is 31.9 Å². The van der Waals surface area contributed by atoms with Gasteiger partial charge in [0.15, 0.2) is 0 Å². The SMILES string of the molecule is Cc1ccc(CN(C(=O)CN(c2cccc(F)c2)S(C)(=O)=O)[C@@H](C)C(=O)NC(C)C)cc1. The molecule has 0 unspecified atom stereocenters. The van der Waals surface area contributed by atoms with Gasteiger partial charge in [-0.25, -0.2) is 12.8 Å². The molecule has 174 valence electrons. The minimum Gasteiger partial charge on any atom is -0.352 e. The van der Waals surface area contributed by atoms with E-state index in [9.17, 15) is 22.4 Å². The number of carbonyl (C=O) groups is 2. The summed E-state index contributed by atoms with van der Waals surface area (Å²) in [7, 11) is -3.89. The van der Waals surface area contributed by atoms with Crippen LogP contribution in [-0.4, -0.2) is 50.0 Å². The minimum absolute atomic E-state index is 0.0374. The van der Waals surface area contributed by atoms with Gasteiger partial charge in [-0.2, -0.15) is 0 Å². The number of benzene rings is 2. The summed E-state index contributed by atoms with van der Waals surface area (Å²) >= 11 is 0. The van der Waals surface area contributed by atoms with Crippen LogP contribution in [0.2, 0.25) is 0 Å².